The van der Waals surface area contributed by atoms with Crippen LogP contribution in [0.2, 0.25) is 5.02 Å². The third kappa shape index (κ3) is 3.66. The third-order valence-corrected chi connectivity index (χ3v) is 2.93. The van der Waals surface area contributed by atoms with Crippen LogP contribution < -0.4 is 9.47 Å². The van der Waals surface area contributed by atoms with Crippen LogP contribution in [-0.2, 0) is 6.61 Å². The molecule has 0 spiro atoms. The van der Waals surface area contributed by atoms with Gasteiger partial charge in [0.05, 0.1) is 18.2 Å². The number of halogens is 1. The zero-order valence-electron chi connectivity index (χ0n) is 11.1. The molecule has 0 amide bonds. The summed E-state index contributed by atoms with van der Waals surface area (Å²) in [6.07, 6.45) is 0. The molecule has 3 nitrogen and oxygen atoms in total. The zero-order chi connectivity index (χ0) is 14.4. The van der Waals surface area contributed by atoms with Crippen molar-refractivity contribution in [1.82, 2.24) is 0 Å². The van der Waals surface area contributed by atoms with Gasteiger partial charge in [0.15, 0.2) is 11.5 Å². The minimum absolute atomic E-state index is 0.420. The van der Waals surface area contributed by atoms with Crippen LogP contribution >= 0.6 is 11.6 Å². The van der Waals surface area contributed by atoms with E-state index in [-0.39, 0.29) is 0 Å². The molecular weight excluding hydrogens is 274 g/mol. The number of hydrogen-bond donors (Lipinski definition) is 0. The van der Waals surface area contributed by atoms with Gasteiger partial charge in [-0.3, -0.25) is 0 Å². The van der Waals surface area contributed by atoms with Gasteiger partial charge in [-0.2, -0.15) is 5.26 Å². The molecule has 102 valence electrons. The van der Waals surface area contributed by atoms with Crippen LogP contribution in [0.15, 0.2) is 42.5 Å². The number of nitriles is 1. The van der Waals surface area contributed by atoms with E-state index in [1.54, 1.807) is 18.2 Å². The smallest absolute Gasteiger partial charge is 0.162 e. The first kappa shape index (κ1) is 14.2. The Morgan fingerprint density at radius 3 is 2.45 bits per heavy atom. The number of rotatable bonds is 5. The molecule has 2 aromatic carbocycles. The molecule has 2 aromatic rings. The van der Waals surface area contributed by atoms with Crippen LogP contribution in [0, 0.1) is 11.3 Å². The van der Waals surface area contributed by atoms with Crippen molar-refractivity contribution in [3.63, 3.8) is 0 Å². The zero-order valence-corrected chi connectivity index (χ0v) is 11.9. The maximum atomic E-state index is 8.90. The second-order valence-electron chi connectivity index (χ2n) is 4.12. The summed E-state index contributed by atoms with van der Waals surface area (Å²) in [5.41, 5.74) is 1.56. The highest BCUT2D eigenvalue weighted by molar-refractivity contribution is 6.30. The summed E-state index contributed by atoms with van der Waals surface area (Å²) >= 11 is 5.84. The van der Waals surface area contributed by atoms with Gasteiger partial charge in [0, 0.05) is 11.1 Å². The average Bonchev–Trinajstić information content (AvgIpc) is 2.48. The fraction of sp³-hybridized carbons (Fsp3) is 0.188. The molecule has 0 aromatic heterocycles. The molecule has 0 unspecified atom stereocenters. The van der Waals surface area contributed by atoms with E-state index >= 15 is 0 Å². The fourth-order valence-electron chi connectivity index (χ4n) is 1.71. The largest absolute Gasteiger partial charge is 0.490 e. The Morgan fingerprint density at radius 1 is 1.05 bits per heavy atom. The SMILES string of the molecule is CCOc1cc(C#N)ccc1OCc1ccc(Cl)cc1. The highest BCUT2D eigenvalue weighted by Gasteiger charge is 2.06. The Bertz CT molecular complexity index is 617. The summed E-state index contributed by atoms with van der Waals surface area (Å²) in [5.74, 6) is 1.21. The summed E-state index contributed by atoms with van der Waals surface area (Å²) in [6, 6.07) is 14.7. The Morgan fingerprint density at radius 2 is 1.80 bits per heavy atom. The molecule has 0 heterocycles. The Hall–Kier alpha value is -2.18. The lowest BCUT2D eigenvalue weighted by molar-refractivity contribution is 0.269. The van der Waals surface area contributed by atoms with Crippen molar-refractivity contribution in [3.8, 4) is 17.6 Å². The van der Waals surface area contributed by atoms with Crippen LogP contribution in [-0.4, -0.2) is 6.61 Å². The van der Waals surface area contributed by atoms with Gasteiger partial charge in [-0.15, -0.1) is 0 Å². The van der Waals surface area contributed by atoms with Gasteiger partial charge in [0.25, 0.3) is 0 Å². The van der Waals surface area contributed by atoms with Crippen molar-refractivity contribution in [3.05, 3.63) is 58.6 Å². The molecule has 0 aliphatic rings. The first-order chi connectivity index (χ1) is 9.72. The molecule has 0 aliphatic carbocycles. The van der Waals surface area contributed by atoms with Crippen molar-refractivity contribution in [1.29, 1.82) is 5.26 Å². The van der Waals surface area contributed by atoms with Crippen LogP contribution in [0.4, 0.5) is 0 Å². The van der Waals surface area contributed by atoms with Crippen LogP contribution in [0.5, 0.6) is 11.5 Å². The summed E-state index contributed by atoms with van der Waals surface area (Å²) in [4.78, 5) is 0. The first-order valence-electron chi connectivity index (χ1n) is 6.27. The van der Waals surface area contributed by atoms with Gasteiger partial charge in [0.1, 0.15) is 6.61 Å². The Labute approximate surface area is 123 Å². The van der Waals surface area contributed by atoms with Gasteiger partial charge in [-0.25, -0.2) is 0 Å². The minimum Gasteiger partial charge on any atom is -0.490 e. The maximum absolute atomic E-state index is 8.90. The van der Waals surface area contributed by atoms with Crippen molar-refractivity contribution < 1.29 is 9.47 Å². The summed E-state index contributed by atoms with van der Waals surface area (Å²) < 4.78 is 11.2. The summed E-state index contributed by atoms with van der Waals surface area (Å²) in [5, 5.41) is 9.59. The quantitative estimate of drug-likeness (QED) is 0.828. The van der Waals surface area contributed by atoms with E-state index in [0.29, 0.717) is 35.3 Å². The molecule has 0 fully saturated rings. The lowest BCUT2D eigenvalue weighted by Gasteiger charge is -2.12. The van der Waals surface area contributed by atoms with Gasteiger partial charge >= 0.3 is 0 Å². The fourth-order valence-corrected chi connectivity index (χ4v) is 1.83. The molecule has 0 saturated heterocycles. The Balaban J connectivity index is 2.12. The molecule has 4 heteroatoms. The van der Waals surface area contributed by atoms with E-state index < -0.39 is 0 Å². The van der Waals surface area contributed by atoms with Crippen molar-refractivity contribution in [2.75, 3.05) is 6.61 Å². The summed E-state index contributed by atoms with van der Waals surface area (Å²) in [7, 11) is 0. The van der Waals surface area contributed by atoms with E-state index in [9.17, 15) is 0 Å². The number of nitrogens with zero attached hydrogens (tertiary/aromatic N) is 1. The molecule has 20 heavy (non-hydrogen) atoms. The van der Waals surface area contributed by atoms with Crippen LogP contribution in [0.25, 0.3) is 0 Å². The van der Waals surface area contributed by atoms with Crippen LogP contribution in [0.1, 0.15) is 18.1 Å². The van der Waals surface area contributed by atoms with Crippen LogP contribution in [0.3, 0.4) is 0 Å². The van der Waals surface area contributed by atoms with Crippen molar-refractivity contribution in [2.24, 2.45) is 0 Å². The minimum atomic E-state index is 0.420. The molecule has 2 rings (SSSR count). The average molecular weight is 288 g/mol. The lowest BCUT2D eigenvalue weighted by atomic mass is 10.2. The normalized spacial score (nSPS) is 9.85. The number of ether oxygens (including phenoxy) is 2. The molecule has 0 radical (unpaired) electrons. The van der Waals surface area contributed by atoms with Gasteiger partial charge in [-0.05, 0) is 36.8 Å². The second kappa shape index (κ2) is 6.83. The van der Waals surface area contributed by atoms with Crippen molar-refractivity contribution >= 4 is 11.6 Å². The van der Waals surface area contributed by atoms with E-state index in [4.69, 9.17) is 26.3 Å². The molecular formula is C16H14ClNO2. The number of benzene rings is 2. The molecule has 0 N–H and O–H groups in total. The van der Waals surface area contributed by atoms with Gasteiger partial charge in [0.2, 0.25) is 0 Å². The van der Waals surface area contributed by atoms with Crippen molar-refractivity contribution in [2.45, 2.75) is 13.5 Å². The monoisotopic (exact) mass is 287 g/mol. The van der Waals surface area contributed by atoms with Gasteiger partial charge < -0.3 is 9.47 Å². The predicted octanol–water partition coefficient (Wildman–Crippen LogP) is 4.19. The van der Waals surface area contributed by atoms with E-state index in [2.05, 4.69) is 6.07 Å². The number of hydrogen-bond acceptors (Lipinski definition) is 3. The molecule has 0 atom stereocenters. The second-order valence-corrected chi connectivity index (χ2v) is 4.56. The molecule has 0 bridgehead atoms. The van der Waals surface area contributed by atoms with E-state index in [0.717, 1.165) is 5.56 Å². The predicted molar refractivity (Wildman–Crippen MR) is 78.1 cm³/mol. The summed E-state index contributed by atoms with van der Waals surface area (Å²) in [6.45, 7) is 2.83. The molecule has 0 saturated carbocycles. The van der Waals surface area contributed by atoms with E-state index in [1.807, 2.05) is 31.2 Å². The topological polar surface area (TPSA) is 42.2 Å². The first-order valence-corrected chi connectivity index (χ1v) is 6.65. The third-order valence-electron chi connectivity index (χ3n) is 2.68. The van der Waals surface area contributed by atoms with Gasteiger partial charge in [-0.1, -0.05) is 23.7 Å². The highest BCUT2D eigenvalue weighted by atomic mass is 35.5. The standard InChI is InChI=1S/C16H14ClNO2/c1-2-19-16-9-13(10-18)5-8-15(16)20-11-12-3-6-14(17)7-4-12/h3-9H,2,11H2,1H3. The molecule has 0 aliphatic heterocycles. The van der Waals surface area contributed by atoms with E-state index in [1.165, 1.54) is 0 Å². The highest BCUT2D eigenvalue weighted by Crippen LogP contribution is 2.29. The maximum Gasteiger partial charge on any atom is 0.162 e. The Kier molecular flexibility index (Phi) is 4.86. The lowest BCUT2D eigenvalue weighted by Crippen LogP contribution is -2.00.